The van der Waals surface area contributed by atoms with Crippen molar-refractivity contribution in [3.05, 3.63) is 76.4 Å². The van der Waals surface area contributed by atoms with Gasteiger partial charge in [-0.3, -0.25) is 9.59 Å². The van der Waals surface area contributed by atoms with Crippen LogP contribution in [-0.2, 0) is 4.79 Å². The van der Waals surface area contributed by atoms with Crippen LogP contribution >= 0.6 is 0 Å². The number of amides is 2. The Balaban J connectivity index is 1.73. The molecule has 0 fully saturated rings. The monoisotopic (exact) mass is 354 g/mol. The van der Waals surface area contributed by atoms with Crippen molar-refractivity contribution in [1.29, 1.82) is 0 Å². The number of hydrogen-bond donors (Lipinski definition) is 1. The van der Waals surface area contributed by atoms with Crippen molar-refractivity contribution >= 4 is 28.5 Å². The van der Waals surface area contributed by atoms with Crippen molar-refractivity contribution in [3.63, 3.8) is 0 Å². The van der Waals surface area contributed by atoms with Crippen molar-refractivity contribution < 1.29 is 18.4 Å². The van der Waals surface area contributed by atoms with Gasteiger partial charge in [0.05, 0.1) is 6.54 Å². The van der Waals surface area contributed by atoms with Crippen LogP contribution in [0.1, 0.15) is 10.4 Å². The molecule has 2 amide bonds. The van der Waals surface area contributed by atoms with Crippen LogP contribution < -0.4 is 10.9 Å². The van der Waals surface area contributed by atoms with Crippen LogP contribution in [0.2, 0.25) is 0 Å². The van der Waals surface area contributed by atoms with Gasteiger partial charge in [0.15, 0.2) is 0 Å². The van der Waals surface area contributed by atoms with E-state index in [1.165, 1.54) is 37.4 Å². The first kappa shape index (κ1) is 17.3. The number of para-hydroxylation sites is 1. The van der Waals surface area contributed by atoms with E-state index in [9.17, 15) is 18.8 Å². The maximum absolute atomic E-state index is 12.9. The molecule has 0 unspecified atom stereocenters. The molecule has 0 aliphatic rings. The summed E-state index contributed by atoms with van der Waals surface area (Å²) >= 11 is 0. The molecule has 6 nitrogen and oxygen atoms in total. The summed E-state index contributed by atoms with van der Waals surface area (Å²) in [4.78, 5) is 37.7. The first-order valence-electron chi connectivity index (χ1n) is 7.78. The van der Waals surface area contributed by atoms with E-state index >= 15 is 0 Å². The van der Waals surface area contributed by atoms with E-state index in [0.717, 1.165) is 4.90 Å². The number of anilines is 1. The third-order valence-corrected chi connectivity index (χ3v) is 3.73. The van der Waals surface area contributed by atoms with E-state index in [1.54, 1.807) is 24.3 Å². The van der Waals surface area contributed by atoms with Crippen molar-refractivity contribution in [3.8, 4) is 0 Å². The molecule has 3 rings (SSSR count). The number of carbonyl (C=O) groups is 2. The van der Waals surface area contributed by atoms with Gasteiger partial charge in [-0.05, 0) is 36.4 Å². The standard InChI is InChI=1S/C19H15FN2O4/c1-22(11-17(23)21-14-8-6-13(20)7-9-14)18(24)15-10-12-4-2-3-5-16(12)26-19(15)25/h2-10H,11H2,1H3,(H,21,23). The number of nitrogens with zero attached hydrogens (tertiary/aromatic N) is 1. The molecular weight excluding hydrogens is 339 g/mol. The molecule has 3 aromatic rings. The van der Waals surface area contributed by atoms with Gasteiger partial charge in [-0.15, -0.1) is 0 Å². The van der Waals surface area contributed by atoms with Crippen LogP contribution in [0, 0.1) is 5.82 Å². The molecule has 1 aromatic heterocycles. The minimum Gasteiger partial charge on any atom is -0.422 e. The second-order valence-electron chi connectivity index (χ2n) is 5.70. The minimum absolute atomic E-state index is 0.152. The van der Waals surface area contributed by atoms with Gasteiger partial charge in [0, 0.05) is 18.1 Å². The van der Waals surface area contributed by atoms with Gasteiger partial charge in [-0.2, -0.15) is 0 Å². The molecule has 0 spiro atoms. The fourth-order valence-electron chi connectivity index (χ4n) is 2.44. The van der Waals surface area contributed by atoms with Crippen molar-refractivity contribution in [2.24, 2.45) is 0 Å². The van der Waals surface area contributed by atoms with Gasteiger partial charge >= 0.3 is 5.63 Å². The lowest BCUT2D eigenvalue weighted by atomic mass is 10.1. The summed E-state index contributed by atoms with van der Waals surface area (Å²) in [6, 6.07) is 13.5. The molecular formula is C19H15FN2O4. The zero-order valence-electron chi connectivity index (χ0n) is 13.9. The molecule has 7 heteroatoms. The van der Waals surface area contributed by atoms with Gasteiger partial charge in [-0.1, -0.05) is 18.2 Å². The maximum atomic E-state index is 12.9. The second kappa shape index (κ2) is 7.18. The summed E-state index contributed by atoms with van der Waals surface area (Å²) in [5.74, 6) is -1.52. The van der Waals surface area contributed by atoms with Crippen LogP contribution in [0.25, 0.3) is 11.0 Å². The zero-order chi connectivity index (χ0) is 18.7. The highest BCUT2D eigenvalue weighted by Gasteiger charge is 2.19. The van der Waals surface area contributed by atoms with E-state index < -0.39 is 23.3 Å². The molecule has 0 radical (unpaired) electrons. The fourth-order valence-corrected chi connectivity index (χ4v) is 2.44. The van der Waals surface area contributed by atoms with E-state index in [0.29, 0.717) is 16.7 Å². The van der Waals surface area contributed by atoms with Gasteiger partial charge in [-0.25, -0.2) is 9.18 Å². The molecule has 1 N–H and O–H groups in total. The van der Waals surface area contributed by atoms with Crippen LogP contribution in [0.3, 0.4) is 0 Å². The predicted molar refractivity (Wildman–Crippen MR) is 94.5 cm³/mol. The van der Waals surface area contributed by atoms with Crippen LogP contribution in [0.15, 0.2) is 63.8 Å². The minimum atomic E-state index is -0.764. The first-order valence-corrected chi connectivity index (χ1v) is 7.78. The molecule has 132 valence electrons. The molecule has 0 saturated carbocycles. The lowest BCUT2D eigenvalue weighted by Crippen LogP contribution is -2.36. The van der Waals surface area contributed by atoms with Gasteiger partial charge in [0.2, 0.25) is 5.91 Å². The summed E-state index contributed by atoms with van der Waals surface area (Å²) in [7, 11) is 1.40. The van der Waals surface area contributed by atoms with E-state index in [1.807, 2.05) is 0 Å². The molecule has 0 aliphatic heterocycles. The lowest BCUT2D eigenvalue weighted by molar-refractivity contribution is -0.116. The molecule has 26 heavy (non-hydrogen) atoms. The lowest BCUT2D eigenvalue weighted by Gasteiger charge is -2.16. The molecule has 0 saturated heterocycles. The smallest absolute Gasteiger partial charge is 0.349 e. The second-order valence-corrected chi connectivity index (χ2v) is 5.70. The van der Waals surface area contributed by atoms with E-state index in [2.05, 4.69) is 5.32 Å². The molecule has 0 atom stereocenters. The Bertz CT molecular complexity index is 1030. The van der Waals surface area contributed by atoms with Crippen molar-refractivity contribution in [1.82, 2.24) is 4.90 Å². The number of nitrogens with one attached hydrogen (secondary N) is 1. The van der Waals surface area contributed by atoms with Crippen LogP contribution in [0.5, 0.6) is 0 Å². The van der Waals surface area contributed by atoms with Crippen molar-refractivity contribution in [2.45, 2.75) is 0 Å². The Morgan fingerprint density at radius 2 is 1.81 bits per heavy atom. The number of benzene rings is 2. The largest absolute Gasteiger partial charge is 0.422 e. The molecule has 1 heterocycles. The summed E-state index contributed by atoms with van der Waals surface area (Å²) in [5.41, 5.74) is -0.131. The molecule has 2 aromatic carbocycles. The third-order valence-electron chi connectivity index (χ3n) is 3.73. The molecule has 0 aliphatic carbocycles. The Kier molecular flexibility index (Phi) is 4.79. The SMILES string of the molecule is CN(CC(=O)Nc1ccc(F)cc1)C(=O)c1cc2ccccc2oc1=O. The summed E-state index contributed by atoms with van der Waals surface area (Å²) < 4.78 is 18.0. The number of rotatable bonds is 4. The third kappa shape index (κ3) is 3.77. The predicted octanol–water partition coefficient (Wildman–Crippen LogP) is 2.64. The normalized spacial score (nSPS) is 10.5. The first-order chi connectivity index (χ1) is 12.4. The highest BCUT2D eigenvalue weighted by molar-refractivity contribution is 6.00. The Hall–Kier alpha value is -3.48. The zero-order valence-corrected chi connectivity index (χ0v) is 13.9. The quantitative estimate of drug-likeness (QED) is 0.731. The maximum Gasteiger partial charge on any atom is 0.349 e. The number of fused-ring (bicyclic) bond motifs is 1. The topological polar surface area (TPSA) is 79.6 Å². The fraction of sp³-hybridized carbons (Fsp3) is 0.105. The van der Waals surface area contributed by atoms with E-state index in [4.69, 9.17) is 4.42 Å². The number of halogens is 1. The van der Waals surface area contributed by atoms with Crippen molar-refractivity contribution in [2.75, 3.05) is 18.9 Å². The number of carbonyl (C=O) groups excluding carboxylic acids is 2. The van der Waals surface area contributed by atoms with Gasteiger partial charge in [0.1, 0.15) is 17.0 Å². The van der Waals surface area contributed by atoms with E-state index in [-0.39, 0.29) is 12.1 Å². The van der Waals surface area contributed by atoms with Gasteiger partial charge < -0.3 is 14.6 Å². The molecule has 0 bridgehead atoms. The summed E-state index contributed by atoms with van der Waals surface area (Å²) in [5, 5.41) is 3.16. The van der Waals surface area contributed by atoms with Crippen LogP contribution in [-0.4, -0.2) is 30.3 Å². The Morgan fingerprint density at radius 3 is 2.54 bits per heavy atom. The summed E-state index contributed by atoms with van der Waals surface area (Å²) in [6.45, 7) is -0.275. The Morgan fingerprint density at radius 1 is 1.12 bits per heavy atom. The van der Waals surface area contributed by atoms with Crippen LogP contribution in [0.4, 0.5) is 10.1 Å². The average molecular weight is 354 g/mol. The van der Waals surface area contributed by atoms with Gasteiger partial charge in [0.25, 0.3) is 5.91 Å². The number of likely N-dealkylation sites (N-methyl/N-ethyl adjacent to an activating group) is 1. The highest BCUT2D eigenvalue weighted by Crippen LogP contribution is 2.13. The highest BCUT2D eigenvalue weighted by atomic mass is 19.1. The number of hydrogen-bond acceptors (Lipinski definition) is 4. The Labute approximate surface area is 147 Å². The summed E-state index contributed by atoms with van der Waals surface area (Å²) in [6.07, 6.45) is 0. The average Bonchev–Trinajstić information content (AvgIpc) is 2.62.